The van der Waals surface area contributed by atoms with Crippen molar-refractivity contribution >= 4 is 11.4 Å². The van der Waals surface area contributed by atoms with E-state index in [-0.39, 0.29) is 5.82 Å². The Balaban J connectivity index is 2.56. The number of Topliss-reactive ketones (excluding diaryl/α,β-unsaturated/α-hetero) is 1. The molecule has 1 aromatic heterocycles. The lowest BCUT2D eigenvalue weighted by Gasteiger charge is -2.13. The molecule has 2 aromatic rings. The van der Waals surface area contributed by atoms with E-state index >= 15 is 0 Å². The number of aryl methyl sites for hydroxylation is 1. The number of allylic oxidation sites excluding steroid dienone is 1. The van der Waals surface area contributed by atoms with Gasteiger partial charge in [0.05, 0.1) is 11.3 Å². The number of tetrazole rings is 1. The van der Waals surface area contributed by atoms with Crippen LogP contribution < -0.4 is 0 Å². The predicted molar refractivity (Wildman–Crippen MR) is 76.6 cm³/mol. The first-order valence-corrected chi connectivity index (χ1v) is 6.55. The van der Waals surface area contributed by atoms with Crippen LogP contribution >= 0.6 is 0 Å². The zero-order chi connectivity index (χ0) is 17.2. The molecule has 2 rings (SSSR count). The molecule has 0 aliphatic carbocycles. The van der Waals surface area contributed by atoms with Gasteiger partial charge in [-0.1, -0.05) is 17.7 Å². The zero-order valence-electron chi connectivity index (χ0n) is 12.7. The minimum atomic E-state index is -5.02. The number of ketones is 1. The Morgan fingerprint density at radius 2 is 1.83 bits per heavy atom. The lowest BCUT2D eigenvalue weighted by molar-refractivity contribution is -0.164. The molecule has 0 saturated carbocycles. The Hall–Kier alpha value is -2.71. The van der Waals surface area contributed by atoms with Crippen molar-refractivity contribution in [3.8, 4) is 5.69 Å². The Morgan fingerprint density at radius 1 is 1.22 bits per heavy atom. The molecule has 122 valence electrons. The molecule has 0 spiro atoms. The van der Waals surface area contributed by atoms with Crippen molar-refractivity contribution in [3.05, 3.63) is 41.9 Å². The quantitative estimate of drug-likeness (QED) is 0.805. The largest absolute Gasteiger partial charge is 0.455 e. The Kier molecular flexibility index (Phi) is 4.48. The molecule has 0 atom stereocenters. The third kappa shape index (κ3) is 3.74. The van der Waals surface area contributed by atoms with Crippen LogP contribution in [-0.4, -0.2) is 51.2 Å². The standard InChI is InChI=1S/C14H14F3N5O/c1-9-4-6-10(7-5-9)22-13(18-19-20-22)11(8-21(2)3)12(23)14(15,16)17/h4-8H,1-3H3. The van der Waals surface area contributed by atoms with E-state index in [1.807, 2.05) is 6.92 Å². The molecule has 0 unspecified atom stereocenters. The van der Waals surface area contributed by atoms with Crippen molar-refractivity contribution < 1.29 is 18.0 Å². The lowest BCUT2D eigenvalue weighted by Crippen LogP contribution is -2.26. The predicted octanol–water partition coefficient (Wildman–Crippen LogP) is 2.00. The van der Waals surface area contributed by atoms with Crippen molar-refractivity contribution in [2.45, 2.75) is 13.1 Å². The Morgan fingerprint density at radius 3 is 2.35 bits per heavy atom. The smallest absolute Gasteiger partial charge is 0.383 e. The Labute approximate surface area is 130 Å². The summed E-state index contributed by atoms with van der Waals surface area (Å²) in [5, 5.41) is 10.7. The van der Waals surface area contributed by atoms with E-state index in [0.29, 0.717) is 5.69 Å². The molecule has 0 aliphatic heterocycles. The van der Waals surface area contributed by atoms with Crippen LogP contribution in [0.1, 0.15) is 11.4 Å². The number of benzene rings is 1. The third-order valence-electron chi connectivity index (χ3n) is 2.88. The minimum Gasteiger partial charge on any atom is -0.383 e. The first kappa shape index (κ1) is 16.7. The van der Waals surface area contributed by atoms with Crippen molar-refractivity contribution in [1.82, 2.24) is 25.1 Å². The fourth-order valence-electron chi connectivity index (χ4n) is 1.84. The van der Waals surface area contributed by atoms with Crippen LogP contribution in [0.5, 0.6) is 0 Å². The molecular formula is C14H14F3N5O. The van der Waals surface area contributed by atoms with Gasteiger partial charge in [0.25, 0.3) is 5.78 Å². The Bertz CT molecular complexity index is 732. The number of aromatic nitrogens is 4. The molecular weight excluding hydrogens is 311 g/mol. The maximum Gasteiger partial charge on any atom is 0.455 e. The van der Waals surface area contributed by atoms with E-state index < -0.39 is 17.5 Å². The van der Waals surface area contributed by atoms with Crippen LogP contribution in [0.15, 0.2) is 30.5 Å². The minimum absolute atomic E-state index is 0.273. The van der Waals surface area contributed by atoms with E-state index in [0.717, 1.165) is 16.4 Å². The molecule has 1 aromatic carbocycles. The van der Waals surface area contributed by atoms with Crippen molar-refractivity contribution in [2.24, 2.45) is 0 Å². The number of hydrogen-bond acceptors (Lipinski definition) is 5. The molecule has 0 amide bonds. The van der Waals surface area contributed by atoms with Gasteiger partial charge >= 0.3 is 6.18 Å². The van der Waals surface area contributed by atoms with Crippen molar-refractivity contribution in [1.29, 1.82) is 0 Å². The summed E-state index contributed by atoms with van der Waals surface area (Å²) in [6.45, 7) is 1.87. The average Bonchev–Trinajstić information content (AvgIpc) is 2.92. The highest BCUT2D eigenvalue weighted by Crippen LogP contribution is 2.27. The molecule has 6 nitrogen and oxygen atoms in total. The normalized spacial score (nSPS) is 12.3. The second kappa shape index (κ2) is 6.19. The second-order valence-electron chi connectivity index (χ2n) is 5.08. The monoisotopic (exact) mass is 325 g/mol. The van der Waals surface area contributed by atoms with Crippen LogP contribution in [0.4, 0.5) is 13.2 Å². The summed E-state index contributed by atoms with van der Waals surface area (Å²) in [4.78, 5) is 13.0. The molecule has 1 heterocycles. The van der Waals surface area contributed by atoms with Gasteiger partial charge in [0, 0.05) is 20.3 Å². The lowest BCUT2D eigenvalue weighted by atomic mass is 10.1. The van der Waals surface area contributed by atoms with E-state index in [2.05, 4.69) is 15.5 Å². The summed E-state index contributed by atoms with van der Waals surface area (Å²) in [6.07, 6.45) is -3.97. The van der Waals surface area contributed by atoms with Gasteiger partial charge in [0.2, 0.25) is 0 Å². The topological polar surface area (TPSA) is 63.9 Å². The summed E-state index contributed by atoms with van der Waals surface area (Å²) in [7, 11) is 3.01. The molecule has 0 saturated heterocycles. The molecule has 0 aliphatic rings. The van der Waals surface area contributed by atoms with Crippen LogP contribution in [0.2, 0.25) is 0 Å². The van der Waals surface area contributed by atoms with Gasteiger partial charge in [-0.15, -0.1) is 5.10 Å². The third-order valence-corrected chi connectivity index (χ3v) is 2.88. The SMILES string of the molecule is Cc1ccc(-n2nnnc2C(=CN(C)C)C(=O)C(F)(F)F)cc1. The highest BCUT2D eigenvalue weighted by molar-refractivity contribution is 6.22. The van der Waals surface area contributed by atoms with Crippen LogP contribution in [0.3, 0.4) is 0 Å². The van der Waals surface area contributed by atoms with Gasteiger partial charge in [-0.05, 0) is 29.5 Å². The van der Waals surface area contributed by atoms with Crippen LogP contribution in [0.25, 0.3) is 11.3 Å². The van der Waals surface area contributed by atoms with Gasteiger partial charge in [-0.3, -0.25) is 4.79 Å². The van der Waals surface area contributed by atoms with Gasteiger partial charge in [0.15, 0.2) is 5.82 Å². The highest BCUT2D eigenvalue weighted by atomic mass is 19.4. The number of hydrogen-bond donors (Lipinski definition) is 0. The van der Waals surface area contributed by atoms with Crippen molar-refractivity contribution in [2.75, 3.05) is 14.1 Å². The summed E-state index contributed by atoms with van der Waals surface area (Å²) < 4.78 is 39.6. The van der Waals surface area contributed by atoms with Crippen molar-refractivity contribution in [3.63, 3.8) is 0 Å². The maximum absolute atomic E-state index is 12.8. The molecule has 9 heteroatoms. The van der Waals surface area contributed by atoms with E-state index in [4.69, 9.17) is 0 Å². The number of rotatable bonds is 4. The highest BCUT2D eigenvalue weighted by Gasteiger charge is 2.43. The van der Waals surface area contributed by atoms with E-state index in [9.17, 15) is 18.0 Å². The number of carbonyl (C=O) groups is 1. The van der Waals surface area contributed by atoms with Crippen LogP contribution in [0, 0.1) is 6.92 Å². The number of alkyl halides is 3. The van der Waals surface area contributed by atoms with Gasteiger partial charge in [0.1, 0.15) is 0 Å². The summed E-state index contributed by atoms with van der Waals surface area (Å²) in [5.41, 5.74) is 0.794. The molecule has 23 heavy (non-hydrogen) atoms. The first-order chi connectivity index (χ1) is 10.7. The van der Waals surface area contributed by atoms with Gasteiger partial charge in [-0.25, -0.2) is 0 Å². The van der Waals surface area contributed by atoms with E-state index in [1.165, 1.54) is 19.0 Å². The van der Waals surface area contributed by atoms with Gasteiger partial charge < -0.3 is 4.90 Å². The zero-order valence-corrected chi connectivity index (χ0v) is 12.7. The number of nitrogens with zero attached hydrogens (tertiary/aromatic N) is 5. The van der Waals surface area contributed by atoms with Gasteiger partial charge in [-0.2, -0.15) is 17.9 Å². The van der Waals surface area contributed by atoms with Crippen LogP contribution in [-0.2, 0) is 4.79 Å². The maximum atomic E-state index is 12.8. The summed E-state index contributed by atoms with van der Waals surface area (Å²) >= 11 is 0. The number of carbonyl (C=O) groups excluding carboxylic acids is 1. The average molecular weight is 325 g/mol. The molecule has 0 bridgehead atoms. The fraction of sp³-hybridized carbons (Fsp3) is 0.286. The first-order valence-electron chi connectivity index (χ1n) is 6.55. The second-order valence-corrected chi connectivity index (χ2v) is 5.08. The fourth-order valence-corrected chi connectivity index (χ4v) is 1.84. The number of halogens is 3. The molecule has 0 N–H and O–H groups in total. The summed E-state index contributed by atoms with van der Waals surface area (Å²) in [5.74, 6) is -2.28. The molecule has 0 fully saturated rings. The molecule has 0 radical (unpaired) electrons. The summed E-state index contributed by atoms with van der Waals surface area (Å²) in [6, 6.07) is 6.84. The van der Waals surface area contributed by atoms with E-state index in [1.54, 1.807) is 24.3 Å².